The Kier molecular flexibility index (Phi) is 19.6. The van der Waals surface area contributed by atoms with Crippen molar-refractivity contribution in [2.24, 2.45) is 0 Å². The minimum atomic E-state index is -0.0484. The number of rotatable bonds is 24. The molecule has 0 aliphatic heterocycles. The van der Waals surface area contributed by atoms with Crippen LogP contribution in [-0.4, -0.2) is 104 Å². The third-order valence-electron chi connectivity index (χ3n) is 6.33. The molecule has 0 amide bonds. The molecule has 7 atom stereocenters. The van der Waals surface area contributed by atoms with E-state index in [2.05, 4.69) is 37.8 Å². The smallest absolute Gasteiger partial charge is 0.0785 e. The summed E-state index contributed by atoms with van der Waals surface area (Å²) < 4.78 is 45.3. The summed E-state index contributed by atoms with van der Waals surface area (Å²) in [5, 5.41) is 0. The van der Waals surface area contributed by atoms with E-state index in [1.54, 1.807) is 14.2 Å². The minimum absolute atomic E-state index is 0.00114. The Bertz CT molecular complexity index is 771. The maximum atomic E-state index is 6.04. The van der Waals surface area contributed by atoms with Gasteiger partial charge in [0.1, 0.15) is 0 Å². The van der Waals surface area contributed by atoms with Crippen LogP contribution in [0.1, 0.15) is 65.5 Å². The van der Waals surface area contributed by atoms with Crippen LogP contribution in [0.3, 0.4) is 0 Å². The molecule has 0 saturated heterocycles. The molecule has 0 saturated carbocycles. The number of ether oxygens (including phenoxy) is 8. The summed E-state index contributed by atoms with van der Waals surface area (Å²) in [6.07, 6.45) is 0.0436. The van der Waals surface area contributed by atoms with Crippen molar-refractivity contribution in [1.82, 2.24) is 0 Å². The van der Waals surface area contributed by atoms with Crippen molar-refractivity contribution >= 4 is 5.57 Å². The van der Waals surface area contributed by atoms with Gasteiger partial charge in [-0.15, -0.1) is 0 Å². The Labute approximate surface area is 243 Å². The Morgan fingerprint density at radius 3 is 1.27 bits per heavy atom. The van der Waals surface area contributed by atoms with Crippen molar-refractivity contribution in [1.29, 1.82) is 0 Å². The summed E-state index contributed by atoms with van der Waals surface area (Å²) in [6.45, 7) is 22.7. The van der Waals surface area contributed by atoms with Crippen LogP contribution in [0.4, 0.5) is 0 Å². The van der Waals surface area contributed by atoms with E-state index < -0.39 is 0 Å². The van der Waals surface area contributed by atoms with Crippen LogP contribution < -0.4 is 0 Å². The van der Waals surface area contributed by atoms with E-state index in [1.807, 2.05) is 41.5 Å². The van der Waals surface area contributed by atoms with E-state index >= 15 is 0 Å². The van der Waals surface area contributed by atoms with Crippen LogP contribution in [-0.2, 0) is 37.9 Å². The normalized spacial score (nSPS) is 17.1. The van der Waals surface area contributed by atoms with Gasteiger partial charge in [-0.1, -0.05) is 37.8 Å². The number of hydrogen-bond acceptors (Lipinski definition) is 8. The molecule has 1 aromatic carbocycles. The average molecular weight is 569 g/mol. The van der Waals surface area contributed by atoms with Crippen LogP contribution in [0.15, 0.2) is 30.8 Å². The zero-order valence-corrected chi connectivity index (χ0v) is 26.5. The van der Waals surface area contributed by atoms with Gasteiger partial charge in [-0.3, -0.25) is 0 Å². The fourth-order valence-electron chi connectivity index (χ4n) is 3.74. The highest BCUT2D eigenvalue weighted by atomic mass is 16.6. The molecular formula is C32H56O8. The van der Waals surface area contributed by atoms with Crippen molar-refractivity contribution < 1.29 is 37.9 Å². The molecule has 1 rings (SSSR count). The molecule has 8 heteroatoms. The van der Waals surface area contributed by atoms with Gasteiger partial charge in [-0.05, 0) is 58.2 Å². The standard InChI is InChI=1S/C32H56O8/c1-23(15-35-27(5)19-39-29(7)21-37-25(3)17-33-9)31-11-13-32(14-12-31)24(2)16-36-28(6)20-40-30(8)22-38-26(4)18-34-10/h11-14,24-30H,1,15-22H2,2-10H3. The molecule has 0 N–H and O–H groups in total. The molecular weight excluding hydrogens is 512 g/mol. The topological polar surface area (TPSA) is 73.8 Å². The van der Waals surface area contributed by atoms with E-state index in [9.17, 15) is 0 Å². The predicted molar refractivity (Wildman–Crippen MR) is 160 cm³/mol. The van der Waals surface area contributed by atoms with Crippen LogP contribution in [0.2, 0.25) is 0 Å². The Hall–Kier alpha value is -1.36. The molecule has 0 radical (unpaired) electrons. The van der Waals surface area contributed by atoms with E-state index in [-0.39, 0.29) is 42.5 Å². The van der Waals surface area contributed by atoms with E-state index in [0.717, 1.165) is 11.1 Å². The fourth-order valence-corrected chi connectivity index (χ4v) is 3.74. The highest BCUT2D eigenvalue weighted by Crippen LogP contribution is 2.20. The number of hydrogen-bond donors (Lipinski definition) is 0. The SMILES string of the molecule is C=C(COC(C)COC(C)COC(C)COC)c1ccc(C(C)COC(C)COC(C)COC(C)COC)cc1. The molecule has 40 heavy (non-hydrogen) atoms. The first kappa shape index (κ1) is 36.7. The van der Waals surface area contributed by atoms with Crippen LogP contribution >= 0.6 is 0 Å². The fraction of sp³-hybridized carbons (Fsp3) is 0.750. The Morgan fingerprint density at radius 2 is 0.875 bits per heavy atom. The van der Waals surface area contributed by atoms with Crippen molar-refractivity contribution in [2.75, 3.05) is 67.1 Å². The Balaban J connectivity index is 2.30. The summed E-state index contributed by atoms with van der Waals surface area (Å²) in [5.41, 5.74) is 3.22. The molecule has 0 bridgehead atoms. The third-order valence-corrected chi connectivity index (χ3v) is 6.33. The lowest BCUT2D eigenvalue weighted by molar-refractivity contribution is -0.0778. The lowest BCUT2D eigenvalue weighted by Gasteiger charge is -2.21. The second-order valence-corrected chi connectivity index (χ2v) is 10.9. The van der Waals surface area contributed by atoms with Gasteiger partial charge in [0.25, 0.3) is 0 Å². The van der Waals surface area contributed by atoms with Crippen molar-refractivity contribution in [3.63, 3.8) is 0 Å². The van der Waals surface area contributed by atoms with Gasteiger partial charge in [-0.2, -0.15) is 0 Å². The highest BCUT2D eigenvalue weighted by Gasteiger charge is 2.14. The number of methoxy groups -OCH3 is 2. The summed E-state index contributed by atoms with van der Waals surface area (Å²) in [7, 11) is 3.34. The van der Waals surface area contributed by atoms with Crippen molar-refractivity contribution in [3.05, 3.63) is 42.0 Å². The molecule has 0 spiro atoms. The van der Waals surface area contributed by atoms with Gasteiger partial charge in [-0.25, -0.2) is 0 Å². The maximum absolute atomic E-state index is 6.04. The van der Waals surface area contributed by atoms with Crippen LogP contribution in [0.5, 0.6) is 0 Å². The average Bonchev–Trinajstić information content (AvgIpc) is 2.94. The summed E-state index contributed by atoms with van der Waals surface area (Å²) >= 11 is 0. The van der Waals surface area contributed by atoms with Crippen LogP contribution in [0, 0.1) is 0 Å². The first-order valence-corrected chi connectivity index (χ1v) is 14.5. The molecule has 7 unspecified atom stereocenters. The maximum Gasteiger partial charge on any atom is 0.0785 e. The molecule has 0 aliphatic carbocycles. The van der Waals surface area contributed by atoms with E-state index in [4.69, 9.17) is 37.9 Å². The molecule has 0 fully saturated rings. The summed E-state index contributed by atoms with van der Waals surface area (Å²) in [4.78, 5) is 0. The summed E-state index contributed by atoms with van der Waals surface area (Å²) in [5.74, 6) is 0.261. The zero-order valence-electron chi connectivity index (χ0n) is 26.5. The second kappa shape index (κ2) is 21.4. The first-order valence-electron chi connectivity index (χ1n) is 14.5. The predicted octanol–water partition coefficient (Wildman–Crippen LogP) is 5.53. The molecule has 0 aromatic heterocycles. The van der Waals surface area contributed by atoms with Crippen molar-refractivity contribution in [3.8, 4) is 0 Å². The largest absolute Gasteiger partial charge is 0.382 e. The monoisotopic (exact) mass is 568 g/mol. The molecule has 0 heterocycles. The van der Waals surface area contributed by atoms with Gasteiger partial charge in [0, 0.05) is 20.1 Å². The zero-order chi connectivity index (χ0) is 29.9. The van der Waals surface area contributed by atoms with Gasteiger partial charge in [0.05, 0.1) is 89.5 Å². The lowest BCUT2D eigenvalue weighted by Crippen LogP contribution is -2.27. The lowest BCUT2D eigenvalue weighted by atomic mass is 9.98. The quantitative estimate of drug-likeness (QED) is 0.161. The molecule has 0 aliphatic rings. The van der Waals surface area contributed by atoms with Crippen LogP contribution in [0.25, 0.3) is 5.57 Å². The highest BCUT2D eigenvalue weighted by molar-refractivity contribution is 5.64. The van der Waals surface area contributed by atoms with Gasteiger partial charge >= 0.3 is 0 Å². The van der Waals surface area contributed by atoms with Gasteiger partial charge in [0.15, 0.2) is 0 Å². The second-order valence-electron chi connectivity index (χ2n) is 10.9. The third kappa shape index (κ3) is 16.8. The molecule has 8 nitrogen and oxygen atoms in total. The molecule has 1 aromatic rings. The van der Waals surface area contributed by atoms with E-state index in [1.165, 1.54) is 5.56 Å². The van der Waals surface area contributed by atoms with Gasteiger partial charge < -0.3 is 37.9 Å². The van der Waals surface area contributed by atoms with E-state index in [0.29, 0.717) is 52.9 Å². The minimum Gasteiger partial charge on any atom is -0.382 e. The van der Waals surface area contributed by atoms with Gasteiger partial charge in [0.2, 0.25) is 0 Å². The van der Waals surface area contributed by atoms with Crippen molar-refractivity contribution in [2.45, 2.75) is 91.0 Å². The Morgan fingerprint density at radius 1 is 0.525 bits per heavy atom. The molecule has 232 valence electrons. The number of benzene rings is 1. The summed E-state index contributed by atoms with van der Waals surface area (Å²) in [6, 6.07) is 8.46. The first-order chi connectivity index (χ1) is 19.0.